The Hall–Kier alpha value is -2.44. The van der Waals surface area contributed by atoms with Gasteiger partial charge in [-0.25, -0.2) is 0 Å². The molecule has 0 aliphatic heterocycles. The highest BCUT2D eigenvalue weighted by Crippen LogP contribution is 2.24. The SMILES string of the molecule is COC(=O)CC(=O)c1cn(C)c2c(C)nc(OC)nc12. The molecule has 0 aromatic carbocycles. The molecule has 7 heteroatoms. The average Bonchev–Trinajstić information content (AvgIpc) is 2.76. The molecule has 0 N–H and O–H groups in total. The highest BCUT2D eigenvalue weighted by atomic mass is 16.5. The number of carbonyl (C=O) groups is 2. The Bertz CT molecular complexity index is 690. The van der Waals surface area contributed by atoms with E-state index in [2.05, 4.69) is 14.7 Å². The first-order valence-corrected chi connectivity index (χ1v) is 5.95. The molecule has 0 aliphatic rings. The summed E-state index contributed by atoms with van der Waals surface area (Å²) < 4.78 is 11.3. The van der Waals surface area contributed by atoms with Crippen LogP contribution in [-0.2, 0) is 16.6 Å². The molecule has 0 saturated heterocycles. The number of hydrogen-bond donors (Lipinski definition) is 0. The second-order valence-corrected chi connectivity index (χ2v) is 4.32. The van der Waals surface area contributed by atoms with Crippen molar-refractivity contribution in [3.63, 3.8) is 0 Å². The Morgan fingerprint density at radius 3 is 2.60 bits per heavy atom. The lowest BCUT2D eigenvalue weighted by atomic mass is 10.1. The molecule has 0 bridgehead atoms. The Balaban J connectivity index is 2.56. The number of aryl methyl sites for hydroxylation is 2. The standard InChI is InChI=1S/C13H15N3O4/c1-7-12-11(15-13(14-7)20-4)8(6-16(12)2)9(17)5-10(18)19-3/h6H,5H2,1-4H3. The van der Waals surface area contributed by atoms with Crippen LogP contribution in [0.15, 0.2) is 6.20 Å². The number of esters is 1. The first-order chi connectivity index (χ1) is 9.47. The van der Waals surface area contributed by atoms with Gasteiger partial charge in [0.15, 0.2) is 5.78 Å². The van der Waals surface area contributed by atoms with Gasteiger partial charge in [-0.1, -0.05) is 0 Å². The van der Waals surface area contributed by atoms with Crippen LogP contribution in [0.2, 0.25) is 0 Å². The number of ether oxygens (including phenoxy) is 2. The summed E-state index contributed by atoms with van der Waals surface area (Å²) in [5.74, 6) is -0.924. The van der Waals surface area contributed by atoms with Crippen molar-refractivity contribution in [1.29, 1.82) is 0 Å². The van der Waals surface area contributed by atoms with Crippen LogP contribution < -0.4 is 4.74 Å². The first kappa shape index (κ1) is 14.0. The molecule has 2 rings (SSSR count). The monoisotopic (exact) mass is 277 g/mol. The fourth-order valence-corrected chi connectivity index (χ4v) is 2.06. The summed E-state index contributed by atoms with van der Waals surface area (Å²) in [5, 5.41) is 0. The maximum atomic E-state index is 12.1. The van der Waals surface area contributed by atoms with Gasteiger partial charge in [-0.05, 0) is 6.92 Å². The van der Waals surface area contributed by atoms with Crippen molar-refractivity contribution in [2.45, 2.75) is 13.3 Å². The number of nitrogens with zero attached hydrogens (tertiary/aromatic N) is 3. The van der Waals surface area contributed by atoms with E-state index < -0.39 is 5.97 Å². The summed E-state index contributed by atoms with van der Waals surface area (Å²) in [4.78, 5) is 31.7. The van der Waals surface area contributed by atoms with E-state index in [1.807, 2.05) is 0 Å². The highest BCUT2D eigenvalue weighted by Gasteiger charge is 2.20. The molecule has 20 heavy (non-hydrogen) atoms. The number of methoxy groups -OCH3 is 2. The van der Waals surface area contributed by atoms with Crippen LogP contribution in [0.25, 0.3) is 11.0 Å². The summed E-state index contributed by atoms with van der Waals surface area (Å²) in [5.41, 5.74) is 2.27. The third-order valence-corrected chi connectivity index (χ3v) is 2.98. The number of ketones is 1. The van der Waals surface area contributed by atoms with E-state index in [0.29, 0.717) is 16.8 Å². The Labute approximate surface area is 115 Å². The van der Waals surface area contributed by atoms with Gasteiger partial charge >= 0.3 is 12.0 Å². The minimum atomic E-state index is -0.579. The van der Waals surface area contributed by atoms with Crippen LogP contribution in [0, 0.1) is 6.92 Å². The molecule has 0 fully saturated rings. The van der Waals surface area contributed by atoms with Crippen LogP contribution in [0.5, 0.6) is 6.01 Å². The summed E-state index contributed by atoms with van der Waals surface area (Å²) >= 11 is 0. The van der Waals surface area contributed by atoms with Crippen molar-refractivity contribution in [3.05, 3.63) is 17.5 Å². The topological polar surface area (TPSA) is 83.3 Å². The van der Waals surface area contributed by atoms with Gasteiger partial charge in [0.25, 0.3) is 0 Å². The lowest BCUT2D eigenvalue weighted by molar-refractivity contribution is -0.139. The molecule has 0 amide bonds. The largest absolute Gasteiger partial charge is 0.469 e. The average molecular weight is 277 g/mol. The summed E-state index contributed by atoms with van der Waals surface area (Å²) in [6.45, 7) is 1.81. The molecule has 0 aliphatic carbocycles. The van der Waals surface area contributed by atoms with Crippen molar-refractivity contribution in [2.75, 3.05) is 14.2 Å². The maximum absolute atomic E-state index is 12.1. The Morgan fingerprint density at radius 2 is 2.00 bits per heavy atom. The van der Waals surface area contributed by atoms with E-state index in [9.17, 15) is 9.59 Å². The van der Waals surface area contributed by atoms with E-state index in [-0.39, 0.29) is 18.2 Å². The number of aromatic nitrogens is 3. The number of fused-ring (bicyclic) bond motifs is 1. The van der Waals surface area contributed by atoms with Gasteiger partial charge in [0.05, 0.1) is 31.0 Å². The molecule has 0 saturated carbocycles. The Kier molecular flexibility index (Phi) is 3.69. The third kappa shape index (κ3) is 2.34. The van der Waals surface area contributed by atoms with Crippen molar-refractivity contribution >= 4 is 22.8 Å². The third-order valence-electron chi connectivity index (χ3n) is 2.98. The second-order valence-electron chi connectivity index (χ2n) is 4.32. The fourth-order valence-electron chi connectivity index (χ4n) is 2.06. The van der Waals surface area contributed by atoms with Gasteiger partial charge in [0, 0.05) is 13.2 Å². The van der Waals surface area contributed by atoms with Crippen LogP contribution in [0.4, 0.5) is 0 Å². The summed E-state index contributed by atoms with van der Waals surface area (Å²) in [7, 11) is 4.49. The lowest BCUT2D eigenvalue weighted by Crippen LogP contribution is -2.09. The summed E-state index contributed by atoms with van der Waals surface area (Å²) in [6.07, 6.45) is 1.32. The summed E-state index contributed by atoms with van der Waals surface area (Å²) in [6, 6.07) is 0.188. The first-order valence-electron chi connectivity index (χ1n) is 5.95. The molecule has 0 spiro atoms. The molecule has 0 radical (unpaired) electrons. The van der Waals surface area contributed by atoms with Crippen molar-refractivity contribution in [3.8, 4) is 6.01 Å². The number of Topliss-reactive ketones (excluding diaryl/α,β-unsaturated/α-hetero) is 1. The second kappa shape index (κ2) is 5.28. The zero-order valence-electron chi connectivity index (χ0n) is 11.8. The number of rotatable bonds is 4. The molecule has 2 aromatic heterocycles. The van der Waals surface area contributed by atoms with Crippen molar-refractivity contribution < 1.29 is 19.1 Å². The minimum Gasteiger partial charge on any atom is -0.469 e. The molecule has 7 nitrogen and oxygen atoms in total. The zero-order valence-corrected chi connectivity index (χ0v) is 11.8. The van der Waals surface area contributed by atoms with Gasteiger partial charge in [-0.3, -0.25) is 9.59 Å². The van der Waals surface area contributed by atoms with Gasteiger partial charge < -0.3 is 14.0 Å². The van der Waals surface area contributed by atoms with Crippen LogP contribution >= 0.6 is 0 Å². The molecule has 2 aromatic rings. The van der Waals surface area contributed by atoms with Gasteiger partial charge in [0.2, 0.25) is 0 Å². The van der Waals surface area contributed by atoms with Crippen molar-refractivity contribution in [1.82, 2.24) is 14.5 Å². The van der Waals surface area contributed by atoms with E-state index in [1.54, 1.807) is 24.7 Å². The lowest BCUT2D eigenvalue weighted by Gasteiger charge is -2.03. The predicted molar refractivity (Wildman–Crippen MR) is 70.8 cm³/mol. The highest BCUT2D eigenvalue weighted by molar-refractivity contribution is 6.12. The van der Waals surface area contributed by atoms with E-state index in [4.69, 9.17) is 4.74 Å². The van der Waals surface area contributed by atoms with Gasteiger partial charge in [0.1, 0.15) is 11.9 Å². The zero-order chi connectivity index (χ0) is 14.9. The molecule has 2 heterocycles. The van der Waals surface area contributed by atoms with Gasteiger partial charge in [-0.15, -0.1) is 0 Å². The molecule has 0 atom stereocenters. The number of carbonyl (C=O) groups excluding carboxylic acids is 2. The number of hydrogen-bond acceptors (Lipinski definition) is 6. The normalized spacial score (nSPS) is 10.6. The fraction of sp³-hybridized carbons (Fsp3) is 0.385. The predicted octanol–water partition coefficient (Wildman–Crippen LogP) is 1.03. The molecular weight excluding hydrogens is 262 g/mol. The molecule has 106 valence electrons. The van der Waals surface area contributed by atoms with E-state index in [0.717, 1.165) is 5.52 Å². The quantitative estimate of drug-likeness (QED) is 0.471. The van der Waals surface area contributed by atoms with Gasteiger partial charge in [-0.2, -0.15) is 9.97 Å². The Morgan fingerprint density at radius 1 is 1.30 bits per heavy atom. The van der Waals surface area contributed by atoms with E-state index in [1.165, 1.54) is 14.2 Å². The van der Waals surface area contributed by atoms with E-state index >= 15 is 0 Å². The van der Waals surface area contributed by atoms with Crippen LogP contribution in [0.1, 0.15) is 22.5 Å². The molecular formula is C13H15N3O4. The van der Waals surface area contributed by atoms with Crippen LogP contribution in [0.3, 0.4) is 0 Å². The van der Waals surface area contributed by atoms with Crippen LogP contribution in [-0.4, -0.2) is 40.5 Å². The van der Waals surface area contributed by atoms with Crippen molar-refractivity contribution in [2.24, 2.45) is 7.05 Å². The minimum absolute atomic E-state index is 0.188. The molecule has 0 unspecified atom stereocenters. The smallest absolute Gasteiger partial charge is 0.317 e. The maximum Gasteiger partial charge on any atom is 0.317 e.